The minimum Gasteiger partial charge on any atom is -0.465 e. The fraction of sp³-hybridized carbons (Fsp3) is 0.190. The Morgan fingerprint density at radius 3 is 2.77 bits per heavy atom. The maximum absolute atomic E-state index is 14.5. The molecular weight excluding hydrogens is 411 g/mol. The molecule has 3 aromatic rings. The monoisotopic (exact) mass is 428 g/mol. The lowest BCUT2D eigenvalue weighted by atomic mass is 10.1. The van der Waals surface area contributed by atoms with E-state index in [-0.39, 0.29) is 22.2 Å². The minimum atomic E-state index is -0.551. The fourth-order valence-electron chi connectivity index (χ4n) is 3.54. The first-order valence-electron chi connectivity index (χ1n) is 9.14. The molecule has 1 aliphatic heterocycles. The number of halogens is 2. The predicted molar refractivity (Wildman–Crippen MR) is 113 cm³/mol. The number of anilines is 3. The zero-order chi connectivity index (χ0) is 21.4. The standard InChI is InChI=1S/C21H18ClFN4O3/c1-26-7-8-27-19(26)18(25-17-5-6-24-11-15(17)21(29)30-2)10-14(20(27)28)13-9-12(22)3-4-16(13)23/h3-6,9-11H,7-8H2,1-2H3,(H,24,25). The smallest absolute Gasteiger partial charge is 0.341 e. The molecule has 0 fully saturated rings. The van der Waals surface area contributed by atoms with Crippen molar-refractivity contribution < 1.29 is 13.9 Å². The number of esters is 1. The molecule has 1 aliphatic rings. The second kappa shape index (κ2) is 7.79. The summed E-state index contributed by atoms with van der Waals surface area (Å²) in [4.78, 5) is 31.1. The number of nitrogens with one attached hydrogen (secondary N) is 1. The summed E-state index contributed by atoms with van der Waals surface area (Å²) in [5.41, 5.74) is 1.20. The first kappa shape index (κ1) is 19.9. The topological polar surface area (TPSA) is 76.5 Å². The summed E-state index contributed by atoms with van der Waals surface area (Å²) in [7, 11) is 3.14. The second-order valence-corrected chi connectivity index (χ2v) is 7.27. The molecule has 0 saturated heterocycles. The quantitative estimate of drug-likeness (QED) is 0.639. The molecule has 4 rings (SSSR count). The Morgan fingerprint density at radius 1 is 1.20 bits per heavy atom. The van der Waals surface area contributed by atoms with E-state index in [1.165, 1.54) is 37.7 Å². The number of likely N-dealkylation sites (N-methyl/N-ethyl adjacent to an activating group) is 1. The number of hydrogen-bond donors (Lipinski definition) is 1. The maximum Gasteiger partial charge on any atom is 0.341 e. The van der Waals surface area contributed by atoms with Crippen LogP contribution in [0.25, 0.3) is 11.1 Å². The van der Waals surface area contributed by atoms with Gasteiger partial charge in [-0.25, -0.2) is 9.18 Å². The number of rotatable bonds is 4. The highest BCUT2D eigenvalue weighted by molar-refractivity contribution is 6.30. The molecule has 0 aliphatic carbocycles. The zero-order valence-corrected chi connectivity index (χ0v) is 17.0. The summed E-state index contributed by atoms with van der Waals surface area (Å²) in [6, 6.07) is 7.29. The Bertz CT molecular complexity index is 1210. The number of ether oxygens (including phenoxy) is 1. The van der Waals surface area contributed by atoms with Crippen molar-refractivity contribution in [2.24, 2.45) is 0 Å². The third-order valence-corrected chi connectivity index (χ3v) is 5.23. The SMILES string of the molecule is COC(=O)c1cnccc1Nc1cc(-c2cc(Cl)ccc2F)c(=O)n2c1N(C)CC2. The maximum atomic E-state index is 14.5. The molecule has 2 aromatic heterocycles. The summed E-state index contributed by atoms with van der Waals surface area (Å²) < 4.78 is 20.9. The molecule has 1 aromatic carbocycles. The molecule has 7 nitrogen and oxygen atoms in total. The average Bonchev–Trinajstić information content (AvgIpc) is 3.14. The van der Waals surface area contributed by atoms with Gasteiger partial charge in [0.2, 0.25) is 0 Å². The molecule has 1 N–H and O–H groups in total. The van der Waals surface area contributed by atoms with Gasteiger partial charge in [0.05, 0.1) is 24.0 Å². The fourth-order valence-corrected chi connectivity index (χ4v) is 3.71. The van der Waals surface area contributed by atoms with Crippen LogP contribution in [0.3, 0.4) is 0 Å². The van der Waals surface area contributed by atoms with E-state index >= 15 is 0 Å². The van der Waals surface area contributed by atoms with Crippen molar-refractivity contribution in [2.45, 2.75) is 6.54 Å². The Balaban J connectivity index is 1.91. The molecular formula is C21H18ClFN4O3. The van der Waals surface area contributed by atoms with Gasteiger partial charge in [-0.1, -0.05) is 11.6 Å². The van der Waals surface area contributed by atoms with E-state index in [2.05, 4.69) is 10.3 Å². The lowest BCUT2D eigenvalue weighted by Gasteiger charge is -2.20. The van der Waals surface area contributed by atoms with Crippen molar-refractivity contribution in [1.82, 2.24) is 9.55 Å². The molecule has 30 heavy (non-hydrogen) atoms. The van der Waals surface area contributed by atoms with Crippen LogP contribution in [-0.2, 0) is 11.3 Å². The van der Waals surface area contributed by atoms with Gasteiger partial charge >= 0.3 is 5.97 Å². The highest BCUT2D eigenvalue weighted by Gasteiger charge is 2.25. The van der Waals surface area contributed by atoms with Crippen LogP contribution >= 0.6 is 11.6 Å². The number of aromatic nitrogens is 2. The number of benzene rings is 1. The van der Waals surface area contributed by atoms with Gasteiger partial charge in [0.15, 0.2) is 0 Å². The summed E-state index contributed by atoms with van der Waals surface area (Å²) >= 11 is 6.04. The van der Waals surface area contributed by atoms with Gasteiger partial charge in [-0.15, -0.1) is 0 Å². The minimum absolute atomic E-state index is 0.114. The van der Waals surface area contributed by atoms with Crippen LogP contribution < -0.4 is 15.8 Å². The number of carbonyl (C=O) groups is 1. The summed E-state index contributed by atoms with van der Waals surface area (Å²) in [5.74, 6) is -0.461. The van der Waals surface area contributed by atoms with E-state index in [0.29, 0.717) is 35.3 Å². The summed E-state index contributed by atoms with van der Waals surface area (Å²) in [6.07, 6.45) is 2.93. The van der Waals surface area contributed by atoms with E-state index in [4.69, 9.17) is 16.3 Å². The molecule has 0 bridgehead atoms. The molecule has 0 atom stereocenters. The van der Waals surface area contributed by atoms with Crippen molar-refractivity contribution in [1.29, 1.82) is 0 Å². The van der Waals surface area contributed by atoms with Crippen LogP contribution in [0.5, 0.6) is 0 Å². The van der Waals surface area contributed by atoms with Gasteiger partial charge in [0, 0.05) is 43.1 Å². The highest BCUT2D eigenvalue weighted by atomic mass is 35.5. The molecule has 154 valence electrons. The van der Waals surface area contributed by atoms with Gasteiger partial charge in [-0.05, 0) is 30.3 Å². The van der Waals surface area contributed by atoms with E-state index in [1.807, 2.05) is 11.9 Å². The lowest BCUT2D eigenvalue weighted by molar-refractivity contribution is 0.0601. The largest absolute Gasteiger partial charge is 0.465 e. The normalized spacial score (nSPS) is 12.6. The highest BCUT2D eigenvalue weighted by Crippen LogP contribution is 2.35. The van der Waals surface area contributed by atoms with Crippen LogP contribution in [0.15, 0.2) is 47.5 Å². The van der Waals surface area contributed by atoms with E-state index in [0.717, 1.165) is 0 Å². The third-order valence-electron chi connectivity index (χ3n) is 5.00. The van der Waals surface area contributed by atoms with E-state index < -0.39 is 11.8 Å². The first-order chi connectivity index (χ1) is 14.4. The van der Waals surface area contributed by atoms with Gasteiger partial charge in [-0.2, -0.15) is 0 Å². The number of nitrogens with zero attached hydrogens (tertiary/aromatic N) is 3. The third kappa shape index (κ3) is 3.39. The van der Waals surface area contributed by atoms with Gasteiger partial charge < -0.3 is 15.0 Å². The Labute approximate surface area is 176 Å². The van der Waals surface area contributed by atoms with Gasteiger partial charge in [-0.3, -0.25) is 14.3 Å². The van der Waals surface area contributed by atoms with Crippen molar-refractivity contribution in [3.05, 3.63) is 69.5 Å². The van der Waals surface area contributed by atoms with Crippen LogP contribution in [0.2, 0.25) is 5.02 Å². The van der Waals surface area contributed by atoms with Crippen molar-refractivity contribution in [3.63, 3.8) is 0 Å². The van der Waals surface area contributed by atoms with Crippen LogP contribution in [0.1, 0.15) is 10.4 Å². The molecule has 0 amide bonds. The number of hydrogen-bond acceptors (Lipinski definition) is 6. The molecule has 0 saturated carbocycles. The molecule has 3 heterocycles. The number of methoxy groups -OCH3 is 1. The first-order valence-corrected chi connectivity index (χ1v) is 9.52. The van der Waals surface area contributed by atoms with Crippen LogP contribution in [-0.4, -0.2) is 36.2 Å². The average molecular weight is 429 g/mol. The molecule has 9 heteroatoms. The van der Waals surface area contributed by atoms with Crippen molar-refractivity contribution in [2.75, 3.05) is 30.9 Å². The summed E-state index contributed by atoms with van der Waals surface area (Å²) in [6.45, 7) is 1.07. The molecule has 0 radical (unpaired) electrons. The lowest BCUT2D eigenvalue weighted by Crippen LogP contribution is -2.22. The van der Waals surface area contributed by atoms with Crippen molar-refractivity contribution >= 4 is 34.8 Å². The van der Waals surface area contributed by atoms with E-state index in [9.17, 15) is 14.0 Å². The second-order valence-electron chi connectivity index (χ2n) is 6.84. The zero-order valence-electron chi connectivity index (χ0n) is 16.3. The Hall–Kier alpha value is -3.39. The van der Waals surface area contributed by atoms with Crippen molar-refractivity contribution in [3.8, 4) is 11.1 Å². The number of carbonyl (C=O) groups excluding carboxylic acids is 1. The van der Waals surface area contributed by atoms with Crippen LogP contribution in [0.4, 0.5) is 21.6 Å². The molecule has 0 spiro atoms. The number of fused-ring (bicyclic) bond motifs is 1. The van der Waals surface area contributed by atoms with Gasteiger partial charge in [0.25, 0.3) is 5.56 Å². The van der Waals surface area contributed by atoms with Crippen LogP contribution in [0, 0.1) is 5.82 Å². The Kier molecular flexibility index (Phi) is 5.17. The molecule has 0 unspecified atom stereocenters. The predicted octanol–water partition coefficient (Wildman–Crippen LogP) is 3.68. The number of pyridine rings is 2. The van der Waals surface area contributed by atoms with E-state index in [1.54, 1.807) is 16.7 Å². The summed E-state index contributed by atoms with van der Waals surface area (Å²) in [5, 5.41) is 3.52. The Morgan fingerprint density at radius 2 is 2.00 bits per heavy atom. The van der Waals surface area contributed by atoms with Gasteiger partial charge in [0.1, 0.15) is 17.2 Å².